The molecule has 1 heterocycles. The number of hydrogen-bond donors (Lipinski definition) is 2. The summed E-state index contributed by atoms with van der Waals surface area (Å²) in [4.78, 5) is 15.2. The number of piperazine rings is 1. The Morgan fingerprint density at radius 3 is 2.14 bits per heavy atom. The van der Waals surface area contributed by atoms with Crippen LogP contribution in [0.3, 0.4) is 0 Å². The van der Waals surface area contributed by atoms with E-state index in [1.165, 1.54) is 5.69 Å². The summed E-state index contributed by atoms with van der Waals surface area (Å²) in [6.45, 7) is 8.19. The highest BCUT2D eigenvalue weighted by atomic mass is 16.5. The third-order valence-electron chi connectivity index (χ3n) is 6.62. The number of rotatable bonds is 10. The highest BCUT2D eigenvalue weighted by Gasteiger charge is 2.26. The lowest BCUT2D eigenvalue weighted by Crippen LogP contribution is -2.43. The average Bonchev–Trinajstić information content (AvgIpc) is 2.95. The maximum Gasteiger partial charge on any atom is 0.250 e. The lowest BCUT2D eigenvalue weighted by Gasteiger charge is -2.29. The predicted molar refractivity (Wildman–Crippen MR) is 148 cm³/mol. The molecule has 6 heteroatoms. The van der Waals surface area contributed by atoms with Gasteiger partial charge in [-0.1, -0.05) is 80.6 Å². The van der Waals surface area contributed by atoms with Gasteiger partial charge in [-0.3, -0.25) is 4.79 Å². The number of anilines is 1. The van der Waals surface area contributed by atoms with Gasteiger partial charge in [-0.05, 0) is 46.7 Å². The zero-order valence-electron chi connectivity index (χ0n) is 21.7. The minimum atomic E-state index is -0.657. The molecule has 0 bridgehead atoms. The molecule has 6 nitrogen and oxygen atoms in total. The SMILES string of the molecule is CC(C)CC(OC(c1ccccc1)c1ccc(-c2ccc(N3CCNCC3)cc2)cc1)C(=O)NCC#N. The summed E-state index contributed by atoms with van der Waals surface area (Å²) in [7, 11) is 0. The van der Waals surface area contributed by atoms with Crippen LogP contribution in [-0.2, 0) is 9.53 Å². The summed E-state index contributed by atoms with van der Waals surface area (Å²) in [6.07, 6.45) is -0.490. The molecule has 1 saturated heterocycles. The van der Waals surface area contributed by atoms with Crippen LogP contribution in [0.5, 0.6) is 0 Å². The van der Waals surface area contributed by atoms with Crippen LogP contribution in [0.15, 0.2) is 78.9 Å². The van der Waals surface area contributed by atoms with Crippen LogP contribution in [0, 0.1) is 17.2 Å². The van der Waals surface area contributed by atoms with Crippen molar-refractivity contribution in [3.05, 3.63) is 90.0 Å². The molecule has 1 aliphatic heterocycles. The molecule has 1 aliphatic rings. The van der Waals surface area contributed by atoms with Crippen LogP contribution in [0.2, 0.25) is 0 Å². The van der Waals surface area contributed by atoms with E-state index >= 15 is 0 Å². The van der Waals surface area contributed by atoms with Gasteiger partial charge in [-0.2, -0.15) is 5.26 Å². The Balaban J connectivity index is 1.56. The Kier molecular flexibility index (Phi) is 9.31. The second-order valence-corrected chi connectivity index (χ2v) is 9.83. The summed E-state index contributed by atoms with van der Waals surface area (Å²) >= 11 is 0. The number of benzene rings is 3. The largest absolute Gasteiger partial charge is 0.369 e. The Labute approximate surface area is 220 Å². The van der Waals surface area contributed by atoms with E-state index in [1.807, 2.05) is 36.4 Å². The van der Waals surface area contributed by atoms with Gasteiger partial charge in [0.15, 0.2) is 0 Å². The molecular formula is C31H36N4O2. The number of carbonyl (C=O) groups is 1. The zero-order chi connectivity index (χ0) is 26.0. The second-order valence-electron chi connectivity index (χ2n) is 9.83. The molecular weight excluding hydrogens is 460 g/mol. The molecule has 0 aromatic heterocycles. The summed E-state index contributed by atoms with van der Waals surface area (Å²) in [5.41, 5.74) is 5.51. The highest BCUT2D eigenvalue weighted by Crippen LogP contribution is 2.31. The first-order valence-electron chi connectivity index (χ1n) is 13.1. The fourth-order valence-corrected chi connectivity index (χ4v) is 4.67. The van der Waals surface area contributed by atoms with Crippen molar-refractivity contribution in [1.29, 1.82) is 5.26 Å². The zero-order valence-corrected chi connectivity index (χ0v) is 21.7. The first-order chi connectivity index (χ1) is 18.0. The van der Waals surface area contributed by atoms with E-state index in [-0.39, 0.29) is 18.4 Å². The quantitative estimate of drug-likeness (QED) is 0.390. The summed E-state index contributed by atoms with van der Waals surface area (Å²) in [5, 5.41) is 15.0. The van der Waals surface area contributed by atoms with Crippen molar-refractivity contribution < 1.29 is 9.53 Å². The maximum atomic E-state index is 12.8. The van der Waals surface area contributed by atoms with Gasteiger partial charge in [0.2, 0.25) is 5.91 Å². The van der Waals surface area contributed by atoms with E-state index in [0.717, 1.165) is 48.4 Å². The minimum absolute atomic E-state index is 0.0328. The number of nitrogens with one attached hydrogen (secondary N) is 2. The standard InChI is InChI=1S/C31H36N4O2/c1-23(2)22-29(31(36)34-17-16-32)37-30(26-6-4-3-5-7-26)27-10-8-24(9-11-27)25-12-14-28(15-13-25)35-20-18-33-19-21-35/h3-15,23,29-30,33H,17-22H2,1-2H3,(H,34,36). The van der Waals surface area contributed by atoms with Crippen molar-refractivity contribution in [2.24, 2.45) is 5.92 Å². The Bertz CT molecular complexity index is 1160. The van der Waals surface area contributed by atoms with E-state index in [0.29, 0.717) is 6.42 Å². The summed E-state index contributed by atoms with van der Waals surface area (Å²) in [5.74, 6) is 0.0122. The molecule has 3 aromatic rings. The van der Waals surface area contributed by atoms with Crippen LogP contribution in [0.4, 0.5) is 5.69 Å². The van der Waals surface area contributed by atoms with Crippen LogP contribution in [-0.4, -0.2) is 44.7 Å². The van der Waals surface area contributed by atoms with Crippen LogP contribution in [0.25, 0.3) is 11.1 Å². The molecule has 2 N–H and O–H groups in total. The van der Waals surface area contributed by atoms with E-state index < -0.39 is 12.2 Å². The average molecular weight is 497 g/mol. The van der Waals surface area contributed by atoms with Crippen molar-refractivity contribution in [3.8, 4) is 17.2 Å². The van der Waals surface area contributed by atoms with Gasteiger partial charge in [0.25, 0.3) is 0 Å². The molecule has 192 valence electrons. The first-order valence-corrected chi connectivity index (χ1v) is 13.1. The molecule has 3 aromatic carbocycles. The minimum Gasteiger partial charge on any atom is -0.369 e. The Hall–Kier alpha value is -3.66. The third kappa shape index (κ3) is 7.19. The topological polar surface area (TPSA) is 77.4 Å². The number of carbonyl (C=O) groups excluding carboxylic acids is 1. The second kappa shape index (κ2) is 13.0. The summed E-state index contributed by atoms with van der Waals surface area (Å²) in [6, 6.07) is 29.1. The molecule has 37 heavy (non-hydrogen) atoms. The number of ether oxygens (including phenoxy) is 1. The molecule has 0 saturated carbocycles. The molecule has 2 unspecified atom stereocenters. The summed E-state index contributed by atoms with van der Waals surface area (Å²) < 4.78 is 6.49. The number of nitriles is 1. The van der Waals surface area contributed by atoms with E-state index in [4.69, 9.17) is 10.00 Å². The third-order valence-corrected chi connectivity index (χ3v) is 6.62. The number of hydrogen-bond acceptors (Lipinski definition) is 5. The van der Waals surface area contributed by atoms with Crippen LogP contribution in [0.1, 0.15) is 37.5 Å². The van der Waals surface area contributed by atoms with Gasteiger partial charge in [-0.25, -0.2) is 0 Å². The van der Waals surface area contributed by atoms with E-state index in [9.17, 15) is 4.79 Å². The molecule has 1 amide bonds. The molecule has 2 atom stereocenters. The normalized spacial score (nSPS) is 15.1. The molecule has 0 aliphatic carbocycles. The maximum absolute atomic E-state index is 12.8. The van der Waals surface area contributed by atoms with E-state index in [1.54, 1.807) is 0 Å². The van der Waals surface area contributed by atoms with Crippen LogP contribution < -0.4 is 15.5 Å². The van der Waals surface area contributed by atoms with Gasteiger partial charge in [0.05, 0.1) is 6.07 Å². The lowest BCUT2D eigenvalue weighted by molar-refractivity contribution is -0.136. The Morgan fingerprint density at radius 1 is 0.946 bits per heavy atom. The number of nitrogens with zero attached hydrogens (tertiary/aromatic N) is 2. The smallest absolute Gasteiger partial charge is 0.250 e. The molecule has 0 radical (unpaired) electrons. The van der Waals surface area contributed by atoms with Gasteiger partial charge in [-0.15, -0.1) is 0 Å². The van der Waals surface area contributed by atoms with Crippen molar-refractivity contribution in [3.63, 3.8) is 0 Å². The van der Waals surface area contributed by atoms with Crippen LogP contribution >= 0.6 is 0 Å². The van der Waals surface area contributed by atoms with E-state index in [2.05, 4.69) is 77.9 Å². The van der Waals surface area contributed by atoms with Crippen molar-refractivity contribution in [2.75, 3.05) is 37.6 Å². The monoisotopic (exact) mass is 496 g/mol. The van der Waals surface area contributed by atoms with Gasteiger partial charge < -0.3 is 20.3 Å². The molecule has 1 fully saturated rings. The first kappa shape index (κ1) is 26.4. The van der Waals surface area contributed by atoms with Gasteiger partial charge in [0, 0.05) is 31.9 Å². The molecule has 4 rings (SSSR count). The fourth-order valence-electron chi connectivity index (χ4n) is 4.67. The van der Waals surface area contributed by atoms with Crippen molar-refractivity contribution in [1.82, 2.24) is 10.6 Å². The Morgan fingerprint density at radius 2 is 1.54 bits per heavy atom. The lowest BCUT2D eigenvalue weighted by atomic mass is 9.97. The predicted octanol–water partition coefficient (Wildman–Crippen LogP) is 4.92. The highest BCUT2D eigenvalue weighted by molar-refractivity contribution is 5.81. The van der Waals surface area contributed by atoms with Crippen molar-refractivity contribution >= 4 is 11.6 Å². The van der Waals surface area contributed by atoms with Crippen molar-refractivity contribution in [2.45, 2.75) is 32.5 Å². The van der Waals surface area contributed by atoms with Gasteiger partial charge in [0.1, 0.15) is 18.8 Å². The number of amides is 1. The van der Waals surface area contributed by atoms with Gasteiger partial charge >= 0.3 is 0 Å². The fraction of sp³-hybridized carbons (Fsp3) is 0.355. The molecule has 0 spiro atoms.